The second kappa shape index (κ2) is 9.04. The molecule has 0 radical (unpaired) electrons. The highest BCUT2D eigenvalue weighted by Gasteiger charge is 2.35. The molecule has 0 aromatic heterocycles. The fourth-order valence-corrected chi connectivity index (χ4v) is 4.37. The second-order valence-electron chi connectivity index (χ2n) is 7.35. The van der Waals surface area contributed by atoms with Crippen LogP contribution in [-0.4, -0.2) is 23.9 Å². The van der Waals surface area contributed by atoms with E-state index < -0.39 is 17.9 Å². The first kappa shape index (κ1) is 18.7. The van der Waals surface area contributed by atoms with E-state index in [2.05, 4.69) is 5.32 Å². The molecule has 2 saturated carbocycles. The van der Waals surface area contributed by atoms with Gasteiger partial charge in [-0.2, -0.15) is 0 Å². The molecule has 2 aliphatic carbocycles. The van der Waals surface area contributed by atoms with Gasteiger partial charge >= 0.3 is 6.03 Å². The lowest BCUT2D eigenvalue weighted by Gasteiger charge is -2.31. The van der Waals surface area contributed by atoms with Gasteiger partial charge < -0.3 is 11.1 Å². The quantitative estimate of drug-likeness (QED) is 0.665. The van der Waals surface area contributed by atoms with Crippen LogP contribution in [0.5, 0.6) is 0 Å². The maximum Gasteiger partial charge on any atom is 0.318 e. The van der Waals surface area contributed by atoms with Gasteiger partial charge in [0.2, 0.25) is 11.8 Å². The second-order valence-corrected chi connectivity index (χ2v) is 7.35. The lowest BCUT2D eigenvalue weighted by molar-refractivity contribution is -0.131. The molecule has 0 saturated heterocycles. The monoisotopic (exact) mass is 337 g/mol. The molecule has 136 valence electrons. The summed E-state index contributed by atoms with van der Waals surface area (Å²) in [5.74, 6) is 0.210. The fraction of sp³-hybridized carbons (Fsp3) is 0.833. The highest BCUT2D eigenvalue weighted by Crippen LogP contribution is 2.37. The molecular formula is C18H31N3O3. The Kier molecular flexibility index (Phi) is 7.06. The predicted molar refractivity (Wildman–Crippen MR) is 92.0 cm³/mol. The molecule has 2 fully saturated rings. The van der Waals surface area contributed by atoms with Gasteiger partial charge in [0.15, 0.2) is 0 Å². The van der Waals surface area contributed by atoms with Crippen LogP contribution in [0.2, 0.25) is 0 Å². The minimum absolute atomic E-state index is 0.00727. The standard InChI is InChI=1S/C18H31N3O3/c1-2-12(11-15(22)20-18(19)24)17(23)21-16(13-7-3-4-8-13)14-9-5-6-10-14/h12-14,16H,2-11H2,1H3,(H,21,23)(H3,19,20,22,24). The summed E-state index contributed by atoms with van der Waals surface area (Å²) in [5, 5.41) is 5.32. The molecule has 0 aromatic rings. The third-order valence-corrected chi connectivity index (χ3v) is 5.68. The van der Waals surface area contributed by atoms with Crippen molar-refractivity contribution in [1.29, 1.82) is 0 Å². The van der Waals surface area contributed by atoms with Crippen LogP contribution in [0, 0.1) is 17.8 Å². The zero-order valence-corrected chi connectivity index (χ0v) is 14.7. The van der Waals surface area contributed by atoms with Gasteiger partial charge in [0, 0.05) is 18.4 Å². The lowest BCUT2D eigenvalue weighted by Crippen LogP contribution is -2.47. The van der Waals surface area contributed by atoms with Crippen LogP contribution in [-0.2, 0) is 9.59 Å². The van der Waals surface area contributed by atoms with Crippen molar-refractivity contribution in [3.8, 4) is 0 Å². The SMILES string of the molecule is CCC(CC(=O)NC(N)=O)C(=O)NC(C1CCCC1)C1CCCC1. The summed E-state index contributed by atoms with van der Waals surface area (Å²) >= 11 is 0. The van der Waals surface area contributed by atoms with Crippen molar-refractivity contribution in [3.63, 3.8) is 0 Å². The van der Waals surface area contributed by atoms with Crippen LogP contribution in [0.4, 0.5) is 4.79 Å². The number of imide groups is 1. The number of urea groups is 1. The number of carbonyl (C=O) groups is 3. The van der Waals surface area contributed by atoms with Gasteiger partial charge in [-0.1, -0.05) is 32.6 Å². The van der Waals surface area contributed by atoms with Crippen LogP contribution in [0.15, 0.2) is 0 Å². The van der Waals surface area contributed by atoms with E-state index in [0.717, 1.165) is 0 Å². The number of nitrogens with two attached hydrogens (primary N) is 1. The van der Waals surface area contributed by atoms with Gasteiger partial charge in [-0.15, -0.1) is 0 Å². The van der Waals surface area contributed by atoms with Crippen molar-refractivity contribution in [2.24, 2.45) is 23.5 Å². The highest BCUT2D eigenvalue weighted by molar-refractivity contribution is 5.95. The number of hydrogen-bond acceptors (Lipinski definition) is 3. The van der Waals surface area contributed by atoms with E-state index in [9.17, 15) is 14.4 Å². The van der Waals surface area contributed by atoms with Gasteiger partial charge in [-0.25, -0.2) is 4.79 Å². The molecule has 0 bridgehead atoms. The molecule has 1 atom stereocenters. The van der Waals surface area contributed by atoms with Crippen LogP contribution >= 0.6 is 0 Å². The Bertz CT molecular complexity index is 438. The van der Waals surface area contributed by atoms with Crippen molar-refractivity contribution in [2.75, 3.05) is 0 Å². The first-order chi connectivity index (χ1) is 11.5. The molecule has 0 heterocycles. The maximum atomic E-state index is 12.7. The molecule has 0 spiro atoms. The maximum absolute atomic E-state index is 12.7. The van der Waals surface area contributed by atoms with E-state index in [1.54, 1.807) is 0 Å². The van der Waals surface area contributed by atoms with E-state index in [-0.39, 0.29) is 18.4 Å². The van der Waals surface area contributed by atoms with Crippen LogP contribution in [0.3, 0.4) is 0 Å². The van der Waals surface area contributed by atoms with Crippen LogP contribution in [0.25, 0.3) is 0 Å². The van der Waals surface area contributed by atoms with Crippen molar-refractivity contribution in [2.45, 2.75) is 77.2 Å². The third-order valence-electron chi connectivity index (χ3n) is 5.68. The molecule has 2 aliphatic rings. The van der Waals surface area contributed by atoms with Crippen molar-refractivity contribution < 1.29 is 14.4 Å². The fourth-order valence-electron chi connectivity index (χ4n) is 4.37. The topological polar surface area (TPSA) is 101 Å². The number of amides is 4. The van der Waals surface area contributed by atoms with Gasteiger partial charge in [0.25, 0.3) is 0 Å². The van der Waals surface area contributed by atoms with Crippen molar-refractivity contribution >= 4 is 17.8 Å². The summed E-state index contributed by atoms with van der Waals surface area (Å²) in [6.45, 7) is 1.89. The number of hydrogen-bond donors (Lipinski definition) is 3. The minimum atomic E-state index is -0.870. The number of rotatable bonds is 7. The van der Waals surface area contributed by atoms with Crippen molar-refractivity contribution in [1.82, 2.24) is 10.6 Å². The average molecular weight is 337 g/mol. The molecule has 4 N–H and O–H groups in total. The van der Waals surface area contributed by atoms with Gasteiger partial charge in [-0.05, 0) is 43.9 Å². The Hall–Kier alpha value is -1.59. The van der Waals surface area contributed by atoms with E-state index >= 15 is 0 Å². The largest absolute Gasteiger partial charge is 0.353 e. The van der Waals surface area contributed by atoms with E-state index in [1.807, 2.05) is 12.2 Å². The first-order valence-corrected chi connectivity index (χ1v) is 9.41. The molecule has 4 amide bonds. The van der Waals surface area contributed by atoms with E-state index in [4.69, 9.17) is 5.73 Å². The smallest absolute Gasteiger partial charge is 0.318 e. The molecule has 6 nitrogen and oxygen atoms in total. The van der Waals surface area contributed by atoms with Crippen molar-refractivity contribution in [3.05, 3.63) is 0 Å². The molecule has 1 unspecified atom stereocenters. The Morgan fingerprint density at radius 3 is 1.92 bits per heavy atom. The summed E-state index contributed by atoms with van der Waals surface area (Å²) in [5.41, 5.74) is 4.96. The zero-order chi connectivity index (χ0) is 17.5. The predicted octanol–water partition coefficient (Wildman–Crippen LogP) is 2.46. The Morgan fingerprint density at radius 1 is 1.00 bits per heavy atom. The zero-order valence-electron chi connectivity index (χ0n) is 14.7. The summed E-state index contributed by atoms with van der Waals surface area (Å²) in [7, 11) is 0. The van der Waals surface area contributed by atoms with Crippen LogP contribution in [0.1, 0.15) is 71.1 Å². The molecular weight excluding hydrogens is 306 g/mol. The van der Waals surface area contributed by atoms with E-state index in [1.165, 1.54) is 51.4 Å². The number of primary amides is 1. The Balaban J connectivity index is 1.96. The third kappa shape index (κ3) is 5.21. The van der Waals surface area contributed by atoms with Gasteiger partial charge in [0.05, 0.1) is 0 Å². The molecule has 2 rings (SSSR count). The first-order valence-electron chi connectivity index (χ1n) is 9.41. The number of carbonyl (C=O) groups excluding carboxylic acids is 3. The molecule has 0 aromatic carbocycles. The minimum Gasteiger partial charge on any atom is -0.353 e. The average Bonchev–Trinajstić information content (AvgIpc) is 3.22. The summed E-state index contributed by atoms with van der Waals surface area (Å²) in [4.78, 5) is 35.2. The van der Waals surface area contributed by atoms with Gasteiger partial charge in [0.1, 0.15) is 0 Å². The Labute approximate surface area is 144 Å². The Morgan fingerprint density at radius 2 is 1.50 bits per heavy atom. The molecule has 0 aliphatic heterocycles. The van der Waals surface area contributed by atoms with Gasteiger partial charge in [-0.3, -0.25) is 14.9 Å². The lowest BCUT2D eigenvalue weighted by atomic mass is 9.85. The van der Waals surface area contributed by atoms with E-state index in [0.29, 0.717) is 18.3 Å². The van der Waals surface area contributed by atoms with Crippen LogP contribution < -0.4 is 16.4 Å². The summed E-state index contributed by atoms with van der Waals surface area (Å²) < 4.78 is 0. The number of nitrogens with one attached hydrogen (secondary N) is 2. The molecule has 24 heavy (non-hydrogen) atoms. The summed E-state index contributed by atoms with van der Waals surface area (Å²) in [6.07, 6.45) is 10.4. The molecule has 6 heteroatoms. The normalized spacial score (nSPS) is 20.2. The summed E-state index contributed by atoms with van der Waals surface area (Å²) in [6, 6.07) is -0.624. The highest BCUT2D eigenvalue weighted by atomic mass is 16.2.